The number of aliphatic hydroxyl groups excluding tert-OH is 2. The average molecular weight is 387 g/mol. The molecule has 7 heteroatoms. The van der Waals surface area contributed by atoms with E-state index >= 15 is 0 Å². The predicted molar refractivity (Wildman–Crippen MR) is 105 cm³/mol. The summed E-state index contributed by atoms with van der Waals surface area (Å²) in [6.07, 6.45) is 0.374. The van der Waals surface area contributed by atoms with Gasteiger partial charge in [-0.2, -0.15) is 0 Å². The van der Waals surface area contributed by atoms with Crippen LogP contribution in [0.25, 0.3) is 10.2 Å². The number of anilines is 1. The molecule has 1 aliphatic heterocycles. The van der Waals surface area contributed by atoms with E-state index in [9.17, 15) is 14.6 Å². The lowest BCUT2D eigenvalue weighted by atomic mass is 9.73. The number of fused-ring (bicyclic) bond motifs is 1. The summed E-state index contributed by atoms with van der Waals surface area (Å²) < 4.78 is 13.2. The molecule has 3 heterocycles. The first kappa shape index (κ1) is 18.3. The van der Waals surface area contributed by atoms with E-state index in [1.807, 2.05) is 18.4 Å². The number of aliphatic hydroxyl groups is 2. The fourth-order valence-electron chi connectivity index (χ4n) is 3.91. The second kappa shape index (κ2) is 7.14. The molecular weight excluding hydrogens is 365 g/mol. The Morgan fingerprint density at radius 1 is 1.26 bits per heavy atom. The van der Waals surface area contributed by atoms with E-state index in [-0.39, 0.29) is 12.4 Å². The summed E-state index contributed by atoms with van der Waals surface area (Å²) in [5.74, 6) is 1.26. The lowest BCUT2D eigenvalue weighted by molar-refractivity contribution is -0.0292. The number of thiophene rings is 1. The molecule has 0 amide bonds. The Morgan fingerprint density at radius 2 is 2.04 bits per heavy atom. The third-order valence-corrected chi connectivity index (χ3v) is 6.19. The highest BCUT2D eigenvalue weighted by Crippen LogP contribution is 2.38. The molecule has 5 nitrogen and oxygen atoms in total. The maximum atomic E-state index is 13.2. The third-order valence-electron chi connectivity index (χ3n) is 5.39. The number of hydrogen-bond donors (Lipinski definition) is 2. The number of nitrogens with zero attached hydrogens (tertiary/aromatic N) is 3. The van der Waals surface area contributed by atoms with Gasteiger partial charge >= 0.3 is 0 Å². The molecule has 0 unspecified atom stereocenters. The van der Waals surface area contributed by atoms with Crippen LogP contribution in [0.2, 0.25) is 0 Å². The van der Waals surface area contributed by atoms with Crippen LogP contribution in [0, 0.1) is 18.2 Å². The lowest BCUT2D eigenvalue weighted by Gasteiger charge is -2.46. The summed E-state index contributed by atoms with van der Waals surface area (Å²) in [6.45, 7) is 2.86. The second-order valence-electron chi connectivity index (χ2n) is 7.28. The Hall–Kier alpha value is -2.09. The molecule has 0 saturated carbocycles. The smallest absolute Gasteiger partial charge is 0.141 e. The SMILES string of the molecule is Cc1nc(N2CC[C@H](O)[C@@](CO)(Cc3ccc(F)cc3)C2)c2ccsc2n1. The highest BCUT2D eigenvalue weighted by molar-refractivity contribution is 7.16. The fraction of sp³-hybridized carbons (Fsp3) is 0.400. The molecule has 1 saturated heterocycles. The van der Waals surface area contributed by atoms with Crippen molar-refractivity contribution in [2.45, 2.75) is 25.9 Å². The molecule has 1 aromatic carbocycles. The van der Waals surface area contributed by atoms with Crippen molar-refractivity contribution in [3.8, 4) is 0 Å². The number of rotatable bonds is 4. The van der Waals surface area contributed by atoms with E-state index in [2.05, 4.69) is 14.9 Å². The minimum atomic E-state index is -0.725. The van der Waals surface area contributed by atoms with Crippen LogP contribution in [0.5, 0.6) is 0 Å². The summed E-state index contributed by atoms with van der Waals surface area (Å²) in [5, 5.41) is 24.0. The molecular formula is C20H22FN3O2S. The van der Waals surface area contributed by atoms with Crippen LogP contribution in [-0.2, 0) is 6.42 Å². The maximum Gasteiger partial charge on any atom is 0.141 e. The Labute approximate surface area is 161 Å². The van der Waals surface area contributed by atoms with Crippen LogP contribution in [0.4, 0.5) is 10.2 Å². The van der Waals surface area contributed by atoms with Crippen LogP contribution in [0.1, 0.15) is 17.8 Å². The highest BCUT2D eigenvalue weighted by atomic mass is 32.1. The van der Waals surface area contributed by atoms with Gasteiger partial charge in [0.15, 0.2) is 0 Å². The van der Waals surface area contributed by atoms with Crippen LogP contribution < -0.4 is 4.90 Å². The highest BCUT2D eigenvalue weighted by Gasteiger charge is 2.43. The van der Waals surface area contributed by atoms with E-state index in [1.54, 1.807) is 23.5 Å². The van der Waals surface area contributed by atoms with Crippen LogP contribution in [0.3, 0.4) is 0 Å². The summed E-state index contributed by atoms with van der Waals surface area (Å²) >= 11 is 1.58. The number of benzene rings is 1. The topological polar surface area (TPSA) is 69.5 Å². The molecule has 2 atom stereocenters. The van der Waals surface area contributed by atoms with Gasteiger partial charge in [0.2, 0.25) is 0 Å². The summed E-state index contributed by atoms with van der Waals surface area (Å²) in [4.78, 5) is 12.2. The molecule has 142 valence electrons. The van der Waals surface area contributed by atoms with Gasteiger partial charge in [0.05, 0.1) is 18.1 Å². The molecule has 2 aromatic heterocycles. The van der Waals surface area contributed by atoms with Gasteiger partial charge in [-0.1, -0.05) is 12.1 Å². The van der Waals surface area contributed by atoms with Gasteiger partial charge in [-0.3, -0.25) is 0 Å². The monoisotopic (exact) mass is 387 g/mol. The Bertz CT molecular complexity index is 946. The first-order valence-corrected chi connectivity index (χ1v) is 9.89. The molecule has 2 N–H and O–H groups in total. The molecule has 4 rings (SSSR count). The van der Waals surface area contributed by atoms with Gasteiger partial charge in [-0.15, -0.1) is 11.3 Å². The van der Waals surface area contributed by atoms with Crippen molar-refractivity contribution in [3.63, 3.8) is 0 Å². The predicted octanol–water partition coefficient (Wildman–Crippen LogP) is 2.93. The molecule has 1 aliphatic rings. The zero-order valence-corrected chi connectivity index (χ0v) is 15.9. The van der Waals surface area contributed by atoms with Gasteiger partial charge in [0.25, 0.3) is 0 Å². The number of hydrogen-bond acceptors (Lipinski definition) is 6. The third kappa shape index (κ3) is 3.42. The second-order valence-corrected chi connectivity index (χ2v) is 8.18. The quantitative estimate of drug-likeness (QED) is 0.720. The molecule has 0 aliphatic carbocycles. The summed E-state index contributed by atoms with van der Waals surface area (Å²) in [7, 11) is 0. The van der Waals surface area contributed by atoms with Crippen LogP contribution in [-0.4, -0.2) is 46.0 Å². The minimum Gasteiger partial charge on any atom is -0.396 e. The van der Waals surface area contributed by atoms with Gasteiger partial charge in [-0.05, 0) is 48.9 Å². The van der Waals surface area contributed by atoms with Gasteiger partial charge in [0, 0.05) is 18.5 Å². The average Bonchev–Trinajstić information content (AvgIpc) is 3.13. The van der Waals surface area contributed by atoms with E-state index in [0.717, 1.165) is 21.6 Å². The standard InChI is InChI=1S/C20H22FN3O2S/c1-13-22-18(16-7-9-27-19(16)23-13)24-8-6-17(26)20(11-24,12-25)10-14-2-4-15(21)5-3-14/h2-5,7,9,17,25-26H,6,8,10-12H2,1H3/t17-,20-/m0/s1. The molecule has 0 spiro atoms. The number of aryl methyl sites for hydroxylation is 1. The van der Waals surface area contributed by atoms with Crippen molar-refractivity contribution in [1.82, 2.24) is 9.97 Å². The Balaban J connectivity index is 1.68. The maximum absolute atomic E-state index is 13.2. The van der Waals surface area contributed by atoms with Crippen LogP contribution >= 0.6 is 11.3 Å². The van der Waals surface area contributed by atoms with E-state index in [0.29, 0.717) is 31.8 Å². The first-order valence-electron chi connectivity index (χ1n) is 9.01. The van der Waals surface area contributed by atoms with Crippen molar-refractivity contribution in [2.75, 3.05) is 24.6 Å². The van der Waals surface area contributed by atoms with Crippen LogP contribution in [0.15, 0.2) is 35.7 Å². The number of halogens is 1. The Kier molecular flexibility index (Phi) is 4.84. The van der Waals surface area contributed by atoms with Gasteiger partial charge in [-0.25, -0.2) is 14.4 Å². The Morgan fingerprint density at radius 3 is 2.78 bits per heavy atom. The largest absolute Gasteiger partial charge is 0.396 e. The molecule has 1 fully saturated rings. The molecule has 0 radical (unpaired) electrons. The molecule has 0 bridgehead atoms. The lowest BCUT2D eigenvalue weighted by Crippen LogP contribution is -2.55. The number of piperidine rings is 1. The molecule has 27 heavy (non-hydrogen) atoms. The van der Waals surface area contributed by atoms with Crippen molar-refractivity contribution < 1.29 is 14.6 Å². The van der Waals surface area contributed by atoms with Crippen molar-refractivity contribution in [1.29, 1.82) is 0 Å². The van der Waals surface area contributed by atoms with Crippen molar-refractivity contribution in [2.24, 2.45) is 5.41 Å². The number of aromatic nitrogens is 2. The van der Waals surface area contributed by atoms with Gasteiger partial charge < -0.3 is 15.1 Å². The zero-order valence-electron chi connectivity index (χ0n) is 15.1. The zero-order chi connectivity index (χ0) is 19.0. The summed E-state index contributed by atoms with van der Waals surface area (Å²) in [5.41, 5.74) is 0.169. The van der Waals surface area contributed by atoms with E-state index in [1.165, 1.54) is 12.1 Å². The van der Waals surface area contributed by atoms with Crippen molar-refractivity contribution >= 4 is 27.4 Å². The summed E-state index contributed by atoms with van der Waals surface area (Å²) in [6, 6.07) is 8.27. The minimum absolute atomic E-state index is 0.154. The van der Waals surface area contributed by atoms with Gasteiger partial charge in [0.1, 0.15) is 22.3 Å². The normalized spacial score (nSPS) is 23.1. The van der Waals surface area contributed by atoms with E-state index in [4.69, 9.17) is 0 Å². The fourth-order valence-corrected chi connectivity index (χ4v) is 4.71. The van der Waals surface area contributed by atoms with Crippen molar-refractivity contribution in [3.05, 3.63) is 52.9 Å². The molecule has 3 aromatic rings. The van der Waals surface area contributed by atoms with E-state index < -0.39 is 11.5 Å². The first-order chi connectivity index (χ1) is 13.0.